The monoisotopic (exact) mass is 388 g/mol. The van der Waals surface area contributed by atoms with E-state index in [2.05, 4.69) is 42.1 Å². The highest BCUT2D eigenvalue weighted by Crippen LogP contribution is 2.33. The average Bonchev–Trinajstić information content (AvgIpc) is 2.43. The first-order valence-electron chi connectivity index (χ1n) is 6.76. The van der Waals surface area contributed by atoms with Crippen molar-refractivity contribution in [1.29, 1.82) is 0 Å². The molecule has 1 atom stereocenters. The summed E-state index contributed by atoms with van der Waals surface area (Å²) in [4.78, 5) is 2.56. The number of fused-ring (bicyclic) bond motifs is 3. The first-order valence-corrected chi connectivity index (χ1v) is 8.34. The Balaban J connectivity index is 1.63. The number of halogens is 2. The topological polar surface area (TPSA) is 35.5 Å². The van der Waals surface area contributed by atoms with E-state index in [-0.39, 0.29) is 5.75 Å². The van der Waals surface area contributed by atoms with Crippen molar-refractivity contribution in [3.63, 3.8) is 0 Å². The maximum Gasteiger partial charge on any atom is 0.143 e. The maximum atomic E-state index is 9.71. The summed E-state index contributed by atoms with van der Waals surface area (Å²) in [6, 6.07) is 4.58. The molecule has 2 bridgehead atoms. The van der Waals surface area contributed by atoms with Crippen LogP contribution in [0.25, 0.3) is 0 Å². The second-order valence-corrected chi connectivity index (χ2v) is 7.24. The molecule has 4 rings (SSSR count). The van der Waals surface area contributed by atoms with Crippen LogP contribution in [0.2, 0.25) is 0 Å². The standard InChI is InChI=1S/C14H18Br2N2O/c15-11-5-9(6-12(16)14(11)19)7-17-13-8-18-3-1-10(13)2-4-18/h5-6,10,13,17,19H,1-4,7-8H2. The van der Waals surface area contributed by atoms with Crippen LogP contribution in [0.5, 0.6) is 5.75 Å². The van der Waals surface area contributed by atoms with E-state index >= 15 is 0 Å². The van der Waals surface area contributed by atoms with E-state index in [1.54, 1.807) is 0 Å². The highest BCUT2D eigenvalue weighted by molar-refractivity contribution is 9.11. The summed E-state index contributed by atoms with van der Waals surface area (Å²) in [5, 5.41) is 13.4. The third-order valence-corrected chi connectivity index (χ3v) is 5.51. The molecule has 3 aliphatic heterocycles. The number of benzene rings is 1. The highest BCUT2D eigenvalue weighted by Gasteiger charge is 2.33. The fourth-order valence-electron chi connectivity index (χ4n) is 3.17. The SMILES string of the molecule is Oc1c(Br)cc(CNC2CN3CCC2CC3)cc1Br. The molecule has 3 nitrogen and oxygen atoms in total. The molecular weight excluding hydrogens is 372 g/mol. The molecular formula is C14H18Br2N2O. The van der Waals surface area contributed by atoms with Gasteiger partial charge in [-0.25, -0.2) is 0 Å². The molecule has 1 aromatic rings. The van der Waals surface area contributed by atoms with Crippen LogP contribution in [-0.4, -0.2) is 35.7 Å². The van der Waals surface area contributed by atoms with E-state index in [0.717, 1.165) is 21.4 Å². The predicted octanol–water partition coefficient (Wildman–Crippen LogP) is 3.10. The van der Waals surface area contributed by atoms with Crippen molar-refractivity contribution < 1.29 is 5.11 Å². The third kappa shape index (κ3) is 2.99. The van der Waals surface area contributed by atoms with Crippen molar-refractivity contribution in [2.24, 2.45) is 5.92 Å². The largest absolute Gasteiger partial charge is 0.506 e. The Morgan fingerprint density at radius 3 is 2.37 bits per heavy atom. The van der Waals surface area contributed by atoms with Gasteiger partial charge in [-0.3, -0.25) is 0 Å². The molecule has 1 aromatic carbocycles. The Morgan fingerprint density at radius 1 is 1.21 bits per heavy atom. The summed E-state index contributed by atoms with van der Waals surface area (Å²) in [6.45, 7) is 4.59. The lowest BCUT2D eigenvalue weighted by Gasteiger charge is -2.45. The molecule has 3 aliphatic rings. The lowest BCUT2D eigenvalue weighted by atomic mass is 9.84. The Kier molecular flexibility index (Phi) is 4.17. The number of aromatic hydroxyl groups is 1. The number of hydrogen-bond acceptors (Lipinski definition) is 3. The fourth-order valence-corrected chi connectivity index (χ4v) is 4.45. The zero-order valence-electron chi connectivity index (χ0n) is 10.7. The summed E-state index contributed by atoms with van der Waals surface area (Å²) >= 11 is 6.76. The minimum absolute atomic E-state index is 0.270. The van der Waals surface area contributed by atoms with E-state index in [1.165, 1.54) is 38.0 Å². The normalized spacial score (nSPS) is 29.7. The Hall–Kier alpha value is -0.100. The summed E-state index contributed by atoms with van der Waals surface area (Å²) < 4.78 is 1.49. The molecule has 2 N–H and O–H groups in total. The molecule has 3 heterocycles. The van der Waals surface area contributed by atoms with Crippen molar-refractivity contribution in [3.05, 3.63) is 26.6 Å². The van der Waals surface area contributed by atoms with Crippen molar-refractivity contribution >= 4 is 31.9 Å². The van der Waals surface area contributed by atoms with Crippen LogP contribution < -0.4 is 5.32 Å². The summed E-state index contributed by atoms with van der Waals surface area (Å²) in [5.74, 6) is 1.11. The molecule has 104 valence electrons. The van der Waals surface area contributed by atoms with Gasteiger partial charge >= 0.3 is 0 Å². The number of hydrogen-bond donors (Lipinski definition) is 2. The smallest absolute Gasteiger partial charge is 0.143 e. The van der Waals surface area contributed by atoms with Crippen molar-refractivity contribution in [1.82, 2.24) is 10.2 Å². The van der Waals surface area contributed by atoms with Crippen LogP contribution in [-0.2, 0) is 6.54 Å². The van der Waals surface area contributed by atoms with Gasteiger partial charge in [0.1, 0.15) is 5.75 Å². The molecule has 3 saturated heterocycles. The van der Waals surface area contributed by atoms with Crippen LogP contribution in [0, 0.1) is 5.92 Å². The molecule has 5 heteroatoms. The minimum atomic E-state index is 0.270. The van der Waals surface area contributed by atoms with Crippen molar-refractivity contribution in [2.75, 3.05) is 19.6 Å². The lowest BCUT2D eigenvalue weighted by molar-refractivity contribution is 0.0720. The number of phenols is 1. The van der Waals surface area contributed by atoms with Crippen molar-refractivity contribution in [3.8, 4) is 5.75 Å². The van der Waals surface area contributed by atoms with Gasteiger partial charge in [-0.1, -0.05) is 0 Å². The minimum Gasteiger partial charge on any atom is -0.506 e. The molecule has 3 fully saturated rings. The van der Waals surface area contributed by atoms with Gasteiger partial charge < -0.3 is 15.3 Å². The predicted molar refractivity (Wildman–Crippen MR) is 83.3 cm³/mol. The van der Waals surface area contributed by atoms with Gasteiger partial charge in [0.25, 0.3) is 0 Å². The van der Waals surface area contributed by atoms with Crippen molar-refractivity contribution in [2.45, 2.75) is 25.4 Å². The molecule has 0 saturated carbocycles. The van der Waals surface area contributed by atoms with E-state index in [4.69, 9.17) is 0 Å². The molecule has 19 heavy (non-hydrogen) atoms. The van der Waals surface area contributed by atoms with Gasteiger partial charge in [-0.15, -0.1) is 0 Å². The van der Waals surface area contributed by atoms with Gasteiger partial charge in [0.2, 0.25) is 0 Å². The maximum absolute atomic E-state index is 9.71. The molecule has 0 amide bonds. The first-order chi connectivity index (χ1) is 9.13. The number of piperidine rings is 3. The number of phenolic OH excluding ortho intramolecular Hbond substituents is 1. The third-order valence-electron chi connectivity index (χ3n) is 4.30. The van der Waals surface area contributed by atoms with Crippen LogP contribution in [0.1, 0.15) is 18.4 Å². The lowest BCUT2D eigenvalue weighted by Crippen LogP contribution is -2.55. The first kappa shape index (κ1) is 13.9. The van der Waals surface area contributed by atoms with Gasteiger partial charge in [0, 0.05) is 19.1 Å². The van der Waals surface area contributed by atoms with E-state index in [1.807, 2.05) is 12.1 Å². The van der Waals surface area contributed by atoms with Crippen LogP contribution >= 0.6 is 31.9 Å². The van der Waals surface area contributed by atoms with Gasteiger partial charge in [0.15, 0.2) is 0 Å². The fraction of sp³-hybridized carbons (Fsp3) is 0.571. The van der Waals surface area contributed by atoms with Gasteiger partial charge in [-0.2, -0.15) is 0 Å². The highest BCUT2D eigenvalue weighted by atomic mass is 79.9. The second kappa shape index (κ2) is 5.72. The quantitative estimate of drug-likeness (QED) is 0.833. The number of rotatable bonds is 3. The van der Waals surface area contributed by atoms with E-state index < -0.39 is 0 Å². The molecule has 0 aliphatic carbocycles. The van der Waals surface area contributed by atoms with Gasteiger partial charge in [-0.05, 0) is 81.4 Å². The molecule has 0 spiro atoms. The second-order valence-electron chi connectivity index (χ2n) is 5.53. The van der Waals surface area contributed by atoms with E-state index in [0.29, 0.717) is 6.04 Å². The summed E-state index contributed by atoms with van der Waals surface area (Å²) in [5.41, 5.74) is 1.19. The average molecular weight is 390 g/mol. The Morgan fingerprint density at radius 2 is 1.84 bits per heavy atom. The van der Waals surface area contributed by atoms with Gasteiger partial charge in [0.05, 0.1) is 8.95 Å². The summed E-state index contributed by atoms with van der Waals surface area (Å²) in [7, 11) is 0. The molecule has 0 aromatic heterocycles. The van der Waals surface area contributed by atoms with Crippen LogP contribution in [0.3, 0.4) is 0 Å². The number of nitrogens with zero attached hydrogens (tertiary/aromatic N) is 1. The van der Waals surface area contributed by atoms with E-state index in [9.17, 15) is 5.11 Å². The zero-order valence-corrected chi connectivity index (χ0v) is 13.9. The summed E-state index contributed by atoms with van der Waals surface area (Å²) in [6.07, 6.45) is 2.67. The van der Waals surface area contributed by atoms with Crippen LogP contribution in [0.4, 0.5) is 0 Å². The Bertz CT molecular complexity index is 450. The number of nitrogens with one attached hydrogen (secondary N) is 1. The zero-order chi connectivity index (χ0) is 13.4. The Labute approximate surface area is 130 Å². The molecule has 0 radical (unpaired) electrons. The van der Waals surface area contributed by atoms with Crippen LogP contribution in [0.15, 0.2) is 21.1 Å². The molecule has 1 unspecified atom stereocenters.